The summed E-state index contributed by atoms with van der Waals surface area (Å²) in [6.07, 6.45) is 0. The molecule has 0 aromatic heterocycles. The van der Waals surface area contributed by atoms with Gasteiger partial charge in [-0.1, -0.05) is 41.5 Å². The number of ketones is 1. The molecule has 0 aromatic rings. The Labute approximate surface area is 96.8 Å². The number of thioether (sulfide) groups is 2. The molecule has 0 N–H and O–H groups in total. The van der Waals surface area contributed by atoms with E-state index in [1.165, 1.54) is 0 Å². The van der Waals surface area contributed by atoms with Gasteiger partial charge in [-0.15, -0.1) is 23.5 Å². The molecule has 0 radical (unpaired) electrons. The quantitative estimate of drug-likeness (QED) is 0.739. The number of rotatable bonds is 4. The molecule has 0 amide bonds. The van der Waals surface area contributed by atoms with E-state index in [1.54, 1.807) is 23.5 Å². The Kier molecular flexibility index (Phi) is 5.60. The van der Waals surface area contributed by atoms with Crippen LogP contribution in [0.3, 0.4) is 0 Å². The summed E-state index contributed by atoms with van der Waals surface area (Å²) in [5.41, 5.74) is 0. The Bertz CT molecular complexity index is 166. The lowest BCUT2D eigenvalue weighted by molar-refractivity contribution is -0.114. The fourth-order valence-corrected chi connectivity index (χ4v) is 2.16. The highest BCUT2D eigenvalue weighted by Crippen LogP contribution is 2.26. The summed E-state index contributed by atoms with van der Waals surface area (Å²) in [6, 6.07) is 0. The minimum absolute atomic E-state index is 0.196. The van der Waals surface area contributed by atoms with Gasteiger partial charge in [0.2, 0.25) is 0 Å². The predicted octanol–water partition coefficient (Wildman–Crippen LogP) is 3.62. The van der Waals surface area contributed by atoms with Gasteiger partial charge in [0.15, 0.2) is 5.78 Å². The maximum atomic E-state index is 11.5. The van der Waals surface area contributed by atoms with Gasteiger partial charge in [-0.25, -0.2) is 0 Å². The van der Waals surface area contributed by atoms with Gasteiger partial charge in [-0.05, 0) is 0 Å². The van der Waals surface area contributed by atoms with Crippen molar-refractivity contribution in [2.24, 2.45) is 0 Å². The Morgan fingerprint density at radius 3 is 1.36 bits per heavy atom. The van der Waals surface area contributed by atoms with Crippen molar-refractivity contribution in [1.82, 2.24) is 0 Å². The molecule has 14 heavy (non-hydrogen) atoms. The summed E-state index contributed by atoms with van der Waals surface area (Å²) in [6.45, 7) is 12.8. The first-order chi connectivity index (χ1) is 6.10. The van der Waals surface area contributed by atoms with Gasteiger partial charge in [0.05, 0.1) is 11.5 Å². The van der Waals surface area contributed by atoms with Crippen molar-refractivity contribution >= 4 is 29.3 Å². The third-order valence-corrected chi connectivity index (χ3v) is 4.00. The van der Waals surface area contributed by atoms with Gasteiger partial charge < -0.3 is 0 Å². The van der Waals surface area contributed by atoms with Crippen LogP contribution in [-0.2, 0) is 4.79 Å². The lowest BCUT2D eigenvalue weighted by atomic mass is 10.3. The highest BCUT2D eigenvalue weighted by Gasteiger charge is 2.16. The van der Waals surface area contributed by atoms with Gasteiger partial charge in [-0.3, -0.25) is 4.79 Å². The molecule has 0 atom stereocenters. The third kappa shape index (κ3) is 10.5. The van der Waals surface area contributed by atoms with Crippen molar-refractivity contribution in [2.45, 2.75) is 51.0 Å². The number of carbonyl (C=O) groups excluding carboxylic acids is 1. The normalized spacial score (nSPS) is 13.0. The first kappa shape index (κ1) is 14.4. The Balaban J connectivity index is 3.68. The zero-order valence-electron chi connectivity index (χ0n) is 10.1. The Morgan fingerprint density at radius 2 is 1.14 bits per heavy atom. The molecule has 0 fully saturated rings. The van der Waals surface area contributed by atoms with E-state index in [1.807, 2.05) is 0 Å². The molecular weight excluding hydrogens is 212 g/mol. The van der Waals surface area contributed by atoms with Gasteiger partial charge in [0.1, 0.15) is 0 Å². The molecule has 0 rings (SSSR count). The Morgan fingerprint density at radius 1 is 0.857 bits per heavy atom. The number of carbonyl (C=O) groups is 1. The molecule has 0 spiro atoms. The number of hydrogen-bond donors (Lipinski definition) is 0. The topological polar surface area (TPSA) is 17.1 Å². The predicted molar refractivity (Wildman–Crippen MR) is 69.4 cm³/mol. The molecule has 0 unspecified atom stereocenters. The highest BCUT2D eigenvalue weighted by atomic mass is 32.2. The largest absolute Gasteiger partial charge is 0.298 e. The zero-order valence-corrected chi connectivity index (χ0v) is 11.8. The summed E-state index contributed by atoms with van der Waals surface area (Å²) in [5, 5.41) is 0. The maximum absolute atomic E-state index is 11.5. The molecule has 0 aromatic carbocycles. The van der Waals surface area contributed by atoms with E-state index < -0.39 is 0 Å². The van der Waals surface area contributed by atoms with E-state index in [4.69, 9.17) is 0 Å². The van der Waals surface area contributed by atoms with Crippen LogP contribution in [-0.4, -0.2) is 26.8 Å². The minimum Gasteiger partial charge on any atom is -0.298 e. The van der Waals surface area contributed by atoms with Crippen molar-refractivity contribution in [3.05, 3.63) is 0 Å². The Hall–Kier alpha value is 0.370. The minimum atomic E-state index is 0.196. The highest BCUT2D eigenvalue weighted by molar-refractivity contribution is 8.02. The van der Waals surface area contributed by atoms with Gasteiger partial charge >= 0.3 is 0 Å². The molecule has 0 aliphatic rings. The van der Waals surface area contributed by atoms with Crippen LogP contribution >= 0.6 is 23.5 Å². The van der Waals surface area contributed by atoms with E-state index in [-0.39, 0.29) is 9.49 Å². The SMILES string of the molecule is CC(C)(C)SCC(=O)CSC(C)(C)C. The second-order valence-electron chi connectivity index (χ2n) is 5.34. The van der Waals surface area contributed by atoms with Crippen molar-refractivity contribution in [3.63, 3.8) is 0 Å². The second-order valence-corrected chi connectivity index (χ2v) is 8.94. The molecular formula is C11H22OS2. The van der Waals surface area contributed by atoms with Crippen LogP contribution in [0.2, 0.25) is 0 Å². The maximum Gasteiger partial charge on any atom is 0.152 e. The van der Waals surface area contributed by atoms with E-state index in [2.05, 4.69) is 41.5 Å². The summed E-state index contributed by atoms with van der Waals surface area (Å²) in [7, 11) is 0. The van der Waals surface area contributed by atoms with Crippen LogP contribution in [0.4, 0.5) is 0 Å². The van der Waals surface area contributed by atoms with Gasteiger partial charge in [-0.2, -0.15) is 0 Å². The first-order valence-corrected chi connectivity index (χ1v) is 6.87. The standard InChI is InChI=1S/C11H22OS2/c1-10(2,3)13-7-9(12)8-14-11(4,5)6/h7-8H2,1-6H3. The zero-order chi connectivity index (χ0) is 11.4. The van der Waals surface area contributed by atoms with Crippen LogP contribution in [0.1, 0.15) is 41.5 Å². The summed E-state index contributed by atoms with van der Waals surface area (Å²) in [5.74, 6) is 1.64. The molecule has 0 saturated carbocycles. The lowest BCUT2D eigenvalue weighted by Gasteiger charge is -2.19. The summed E-state index contributed by atoms with van der Waals surface area (Å²) in [4.78, 5) is 11.5. The van der Waals surface area contributed by atoms with Crippen LogP contribution in [0.5, 0.6) is 0 Å². The number of Topliss-reactive ketones (excluding diaryl/α,β-unsaturated/α-hetero) is 1. The van der Waals surface area contributed by atoms with E-state index in [0.29, 0.717) is 17.3 Å². The molecule has 0 heterocycles. The molecule has 84 valence electrons. The van der Waals surface area contributed by atoms with Crippen LogP contribution in [0.25, 0.3) is 0 Å². The summed E-state index contributed by atoms with van der Waals surface area (Å²) < 4.78 is 0.393. The first-order valence-electron chi connectivity index (χ1n) is 4.90. The van der Waals surface area contributed by atoms with Crippen LogP contribution < -0.4 is 0 Å². The number of hydrogen-bond acceptors (Lipinski definition) is 3. The van der Waals surface area contributed by atoms with Gasteiger partial charge in [0, 0.05) is 9.49 Å². The lowest BCUT2D eigenvalue weighted by Crippen LogP contribution is -2.17. The molecule has 0 saturated heterocycles. The monoisotopic (exact) mass is 234 g/mol. The van der Waals surface area contributed by atoms with Crippen molar-refractivity contribution < 1.29 is 4.79 Å². The van der Waals surface area contributed by atoms with Crippen LogP contribution in [0.15, 0.2) is 0 Å². The van der Waals surface area contributed by atoms with E-state index in [9.17, 15) is 4.79 Å². The summed E-state index contributed by atoms with van der Waals surface area (Å²) >= 11 is 3.46. The van der Waals surface area contributed by atoms with Crippen molar-refractivity contribution in [1.29, 1.82) is 0 Å². The second kappa shape index (κ2) is 5.45. The third-order valence-electron chi connectivity index (χ3n) is 1.33. The molecule has 0 bridgehead atoms. The van der Waals surface area contributed by atoms with Crippen molar-refractivity contribution in [2.75, 3.05) is 11.5 Å². The molecule has 0 aliphatic carbocycles. The fraction of sp³-hybridized carbons (Fsp3) is 0.909. The van der Waals surface area contributed by atoms with E-state index >= 15 is 0 Å². The average Bonchev–Trinajstić information content (AvgIpc) is 1.94. The smallest absolute Gasteiger partial charge is 0.152 e. The molecule has 0 aliphatic heterocycles. The van der Waals surface area contributed by atoms with Crippen molar-refractivity contribution in [3.8, 4) is 0 Å². The molecule has 1 nitrogen and oxygen atoms in total. The van der Waals surface area contributed by atoms with E-state index in [0.717, 1.165) is 0 Å². The fourth-order valence-electron chi connectivity index (χ4n) is 0.636. The van der Waals surface area contributed by atoms with Crippen LogP contribution in [0, 0.1) is 0 Å². The van der Waals surface area contributed by atoms with Gasteiger partial charge in [0.25, 0.3) is 0 Å². The average molecular weight is 234 g/mol. The molecule has 3 heteroatoms.